The average Bonchev–Trinajstić information content (AvgIpc) is 2.89. The Kier molecular flexibility index (Phi) is 3.33. The van der Waals surface area contributed by atoms with Gasteiger partial charge >= 0.3 is 5.97 Å². The van der Waals surface area contributed by atoms with E-state index in [4.69, 9.17) is 0 Å². The van der Waals surface area contributed by atoms with Gasteiger partial charge in [0.1, 0.15) is 5.75 Å². The van der Waals surface area contributed by atoms with Crippen LogP contribution in [0.15, 0.2) is 36.4 Å². The molecule has 0 spiro atoms. The topological polar surface area (TPSA) is 77.8 Å². The van der Waals surface area contributed by atoms with E-state index >= 15 is 0 Å². The fraction of sp³-hybridized carbons (Fsp3) is 0.176. The molecule has 1 heterocycles. The van der Waals surface area contributed by atoms with Crippen molar-refractivity contribution in [1.82, 2.24) is 0 Å². The number of rotatable bonds is 3. The largest absolute Gasteiger partial charge is 0.507 e. The number of fused-ring (bicyclic) bond motifs is 1. The number of carbonyl (C=O) groups excluding carboxylic acids is 1. The molecule has 2 aromatic carbocycles. The van der Waals surface area contributed by atoms with Gasteiger partial charge in [0.05, 0.1) is 11.1 Å². The van der Waals surface area contributed by atoms with E-state index < -0.39 is 11.8 Å². The van der Waals surface area contributed by atoms with E-state index in [-0.39, 0.29) is 22.4 Å². The van der Waals surface area contributed by atoms with E-state index in [2.05, 4.69) is 0 Å². The molecule has 5 nitrogen and oxygen atoms in total. The Morgan fingerprint density at radius 3 is 2.41 bits per heavy atom. The molecule has 22 heavy (non-hydrogen) atoms. The Morgan fingerprint density at radius 2 is 1.73 bits per heavy atom. The lowest BCUT2D eigenvalue weighted by molar-refractivity contribution is 0.0692. The Balaban J connectivity index is 2.10. The first-order valence-electron chi connectivity index (χ1n) is 6.93. The third kappa shape index (κ3) is 2.11. The number of nitrogens with zero attached hydrogens (tertiary/aromatic N) is 1. The van der Waals surface area contributed by atoms with Crippen LogP contribution in [-0.4, -0.2) is 35.6 Å². The number of carboxylic acids is 1. The number of aromatic hydroxyl groups is 1. The van der Waals surface area contributed by atoms with Gasteiger partial charge in [-0.15, -0.1) is 0 Å². The average molecular weight is 297 g/mol. The maximum Gasteiger partial charge on any atom is 0.336 e. The lowest BCUT2D eigenvalue weighted by atomic mass is 9.95. The standard InChI is InChI=1S/C17H15NO4/c1-18-9-8-12-14(18)7-6-13(16(12)20)15(19)10-4-2-3-5-11(10)17(21)22/h2-7,20H,8-9H2,1H3,(H,21,22). The molecule has 0 aromatic heterocycles. The van der Waals surface area contributed by atoms with E-state index in [0.717, 1.165) is 17.8 Å². The molecule has 0 atom stereocenters. The van der Waals surface area contributed by atoms with Crippen molar-refractivity contribution < 1.29 is 19.8 Å². The molecular formula is C17H15NO4. The zero-order chi connectivity index (χ0) is 15.9. The van der Waals surface area contributed by atoms with Crippen LogP contribution < -0.4 is 4.90 Å². The molecule has 0 bridgehead atoms. The highest BCUT2D eigenvalue weighted by Crippen LogP contribution is 2.37. The summed E-state index contributed by atoms with van der Waals surface area (Å²) in [6, 6.07) is 9.36. The summed E-state index contributed by atoms with van der Waals surface area (Å²) in [6.45, 7) is 0.784. The molecule has 112 valence electrons. The van der Waals surface area contributed by atoms with E-state index in [1.54, 1.807) is 24.3 Å². The van der Waals surface area contributed by atoms with Gasteiger partial charge in [0.2, 0.25) is 0 Å². The van der Waals surface area contributed by atoms with Crippen LogP contribution in [0, 0.1) is 0 Å². The molecule has 1 aliphatic heterocycles. The predicted octanol–water partition coefficient (Wildman–Crippen LogP) is 2.31. The van der Waals surface area contributed by atoms with Gasteiger partial charge in [-0.2, -0.15) is 0 Å². The number of phenols is 1. The molecule has 1 aliphatic rings. The SMILES string of the molecule is CN1CCc2c1ccc(C(=O)c1ccccc1C(=O)O)c2O. The first kappa shape index (κ1) is 14.1. The summed E-state index contributed by atoms with van der Waals surface area (Å²) in [4.78, 5) is 25.9. The van der Waals surface area contributed by atoms with Crippen LogP contribution in [0.5, 0.6) is 5.75 Å². The van der Waals surface area contributed by atoms with Gasteiger partial charge in [-0.3, -0.25) is 4.79 Å². The van der Waals surface area contributed by atoms with Gasteiger partial charge in [0.25, 0.3) is 0 Å². The minimum absolute atomic E-state index is 0.0490. The number of ketones is 1. The Hall–Kier alpha value is -2.82. The molecule has 0 saturated carbocycles. The fourth-order valence-corrected chi connectivity index (χ4v) is 2.83. The number of likely N-dealkylation sites (N-methyl/N-ethyl adjacent to an activating group) is 1. The molecule has 3 rings (SSSR count). The maximum atomic E-state index is 12.6. The van der Waals surface area contributed by atoms with Crippen LogP contribution in [0.25, 0.3) is 0 Å². The smallest absolute Gasteiger partial charge is 0.336 e. The van der Waals surface area contributed by atoms with Crippen molar-refractivity contribution in [3.63, 3.8) is 0 Å². The molecule has 2 N–H and O–H groups in total. The van der Waals surface area contributed by atoms with Crippen LogP contribution in [0.1, 0.15) is 31.8 Å². The summed E-state index contributed by atoms with van der Waals surface area (Å²) < 4.78 is 0. The molecule has 0 saturated heterocycles. The molecule has 0 radical (unpaired) electrons. The van der Waals surface area contributed by atoms with Gasteiger partial charge in [-0.1, -0.05) is 18.2 Å². The van der Waals surface area contributed by atoms with Crippen LogP contribution in [0.2, 0.25) is 0 Å². The van der Waals surface area contributed by atoms with Crippen molar-refractivity contribution in [3.8, 4) is 5.75 Å². The van der Waals surface area contributed by atoms with Gasteiger partial charge in [0.15, 0.2) is 5.78 Å². The number of phenolic OH excluding ortho intramolecular Hbond substituents is 1. The van der Waals surface area contributed by atoms with E-state index in [1.807, 2.05) is 11.9 Å². The van der Waals surface area contributed by atoms with E-state index in [0.29, 0.717) is 6.42 Å². The van der Waals surface area contributed by atoms with Crippen LogP contribution in [0.3, 0.4) is 0 Å². The van der Waals surface area contributed by atoms with Gasteiger partial charge in [-0.05, 0) is 24.6 Å². The molecule has 0 aliphatic carbocycles. The van der Waals surface area contributed by atoms with Crippen molar-refractivity contribution in [2.75, 3.05) is 18.5 Å². The second-order valence-electron chi connectivity index (χ2n) is 5.31. The predicted molar refractivity (Wildman–Crippen MR) is 81.9 cm³/mol. The molecule has 2 aromatic rings. The van der Waals surface area contributed by atoms with E-state index in [9.17, 15) is 19.8 Å². The monoisotopic (exact) mass is 297 g/mol. The van der Waals surface area contributed by atoms with Crippen LogP contribution >= 0.6 is 0 Å². The highest BCUT2D eigenvalue weighted by molar-refractivity contribution is 6.15. The molecular weight excluding hydrogens is 282 g/mol. The van der Waals surface area contributed by atoms with Crippen molar-refractivity contribution in [3.05, 3.63) is 58.7 Å². The first-order chi connectivity index (χ1) is 10.5. The maximum absolute atomic E-state index is 12.6. The fourth-order valence-electron chi connectivity index (χ4n) is 2.83. The number of anilines is 1. The summed E-state index contributed by atoms with van der Waals surface area (Å²) in [5.41, 5.74) is 1.80. The number of aromatic carboxylic acids is 1. The second-order valence-corrected chi connectivity index (χ2v) is 5.31. The van der Waals surface area contributed by atoms with Gasteiger partial charge in [-0.25, -0.2) is 4.79 Å². The first-order valence-corrected chi connectivity index (χ1v) is 6.93. The van der Waals surface area contributed by atoms with Crippen LogP contribution in [-0.2, 0) is 6.42 Å². The summed E-state index contributed by atoms with van der Waals surface area (Å²) in [6.07, 6.45) is 0.666. The van der Waals surface area contributed by atoms with Crippen LogP contribution in [0.4, 0.5) is 5.69 Å². The van der Waals surface area contributed by atoms with E-state index in [1.165, 1.54) is 12.1 Å². The molecule has 5 heteroatoms. The number of hydrogen-bond donors (Lipinski definition) is 2. The normalized spacial score (nSPS) is 13.0. The third-order valence-corrected chi connectivity index (χ3v) is 4.01. The van der Waals surface area contributed by atoms with Crippen molar-refractivity contribution >= 4 is 17.4 Å². The summed E-state index contributed by atoms with van der Waals surface area (Å²) in [7, 11) is 1.92. The second kappa shape index (κ2) is 5.18. The summed E-state index contributed by atoms with van der Waals surface area (Å²) in [5.74, 6) is -1.69. The molecule has 0 unspecified atom stereocenters. The highest BCUT2D eigenvalue weighted by atomic mass is 16.4. The van der Waals surface area contributed by atoms with Crippen molar-refractivity contribution in [1.29, 1.82) is 0 Å². The lowest BCUT2D eigenvalue weighted by Crippen LogP contribution is -2.12. The zero-order valence-electron chi connectivity index (χ0n) is 12.0. The van der Waals surface area contributed by atoms with Gasteiger partial charge in [0, 0.05) is 30.4 Å². The minimum atomic E-state index is -1.16. The Morgan fingerprint density at radius 1 is 1.05 bits per heavy atom. The Bertz CT molecular complexity index is 782. The highest BCUT2D eigenvalue weighted by Gasteiger charge is 2.26. The number of carbonyl (C=O) groups is 2. The van der Waals surface area contributed by atoms with Crippen molar-refractivity contribution in [2.24, 2.45) is 0 Å². The van der Waals surface area contributed by atoms with Gasteiger partial charge < -0.3 is 15.1 Å². The lowest BCUT2D eigenvalue weighted by Gasteiger charge is -2.14. The quantitative estimate of drug-likeness (QED) is 0.850. The summed E-state index contributed by atoms with van der Waals surface area (Å²) >= 11 is 0. The molecule has 0 amide bonds. The number of hydrogen-bond acceptors (Lipinski definition) is 4. The zero-order valence-corrected chi connectivity index (χ0v) is 12.0. The Labute approximate surface area is 127 Å². The molecule has 0 fully saturated rings. The number of benzene rings is 2. The number of carboxylic acid groups (broad SMARTS) is 1. The minimum Gasteiger partial charge on any atom is -0.507 e. The third-order valence-electron chi connectivity index (χ3n) is 4.01. The summed E-state index contributed by atoms with van der Waals surface area (Å²) in [5, 5.41) is 19.6. The van der Waals surface area contributed by atoms with Crippen molar-refractivity contribution in [2.45, 2.75) is 6.42 Å².